The molecule has 0 radical (unpaired) electrons. The van der Waals surface area contributed by atoms with Gasteiger partial charge >= 0.3 is 0 Å². The predicted octanol–water partition coefficient (Wildman–Crippen LogP) is 3.70. The van der Waals surface area contributed by atoms with Gasteiger partial charge in [0.1, 0.15) is 5.82 Å². The van der Waals surface area contributed by atoms with Gasteiger partial charge in [-0.25, -0.2) is 4.98 Å². The van der Waals surface area contributed by atoms with E-state index >= 15 is 0 Å². The number of imidazole rings is 1. The molecule has 2 nitrogen and oxygen atoms in total. The van der Waals surface area contributed by atoms with Gasteiger partial charge in [-0.15, -0.1) is 0 Å². The summed E-state index contributed by atoms with van der Waals surface area (Å²) in [7, 11) is 0. The molecule has 2 aromatic carbocycles. The molecule has 0 bridgehead atoms. The standard InChI is InChI=1S/C16H16N2/c1-12-8-9-15-16(10-12)18(13(2)17-15)11-14-6-4-3-5-7-14/h3-10H,11H2,1-2H3. The average Bonchev–Trinajstić information content (AvgIpc) is 2.67. The Balaban J connectivity index is 2.11. The monoisotopic (exact) mass is 236 g/mol. The summed E-state index contributed by atoms with van der Waals surface area (Å²) in [5.74, 6) is 1.07. The lowest BCUT2D eigenvalue weighted by molar-refractivity contribution is 0.786. The second kappa shape index (κ2) is 4.30. The van der Waals surface area contributed by atoms with Crippen molar-refractivity contribution in [3.05, 3.63) is 65.5 Å². The highest BCUT2D eigenvalue weighted by atomic mass is 15.1. The van der Waals surface area contributed by atoms with Crippen LogP contribution in [-0.4, -0.2) is 9.55 Å². The van der Waals surface area contributed by atoms with Crippen LogP contribution in [0.5, 0.6) is 0 Å². The van der Waals surface area contributed by atoms with Crippen molar-refractivity contribution in [3.8, 4) is 0 Å². The third-order valence-electron chi connectivity index (χ3n) is 3.28. The molecule has 18 heavy (non-hydrogen) atoms. The zero-order valence-electron chi connectivity index (χ0n) is 10.7. The SMILES string of the molecule is Cc1ccc2nc(C)n(Cc3ccccc3)c2c1. The lowest BCUT2D eigenvalue weighted by Crippen LogP contribution is -2.01. The molecular formula is C16H16N2. The maximum atomic E-state index is 4.61. The van der Waals surface area contributed by atoms with Gasteiger partial charge in [0.2, 0.25) is 0 Å². The molecule has 0 saturated heterocycles. The fourth-order valence-corrected chi connectivity index (χ4v) is 2.32. The van der Waals surface area contributed by atoms with Crippen LogP contribution in [0.3, 0.4) is 0 Å². The van der Waals surface area contributed by atoms with Gasteiger partial charge in [0, 0.05) is 6.54 Å². The van der Waals surface area contributed by atoms with Gasteiger partial charge in [0.05, 0.1) is 11.0 Å². The first-order valence-corrected chi connectivity index (χ1v) is 6.21. The second-order valence-electron chi connectivity index (χ2n) is 4.72. The number of hydrogen-bond acceptors (Lipinski definition) is 1. The number of fused-ring (bicyclic) bond motifs is 1. The average molecular weight is 236 g/mol. The second-order valence-corrected chi connectivity index (χ2v) is 4.72. The summed E-state index contributed by atoms with van der Waals surface area (Å²) in [6.07, 6.45) is 0. The van der Waals surface area contributed by atoms with Gasteiger partial charge in [0.25, 0.3) is 0 Å². The Kier molecular flexibility index (Phi) is 2.63. The Labute approximate surface area is 107 Å². The van der Waals surface area contributed by atoms with E-state index in [4.69, 9.17) is 0 Å². The molecule has 0 saturated carbocycles. The van der Waals surface area contributed by atoms with Gasteiger partial charge in [-0.05, 0) is 37.1 Å². The molecule has 0 amide bonds. The minimum absolute atomic E-state index is 0.882. The quantitative estimate of drug-likeness (QED) is 0.663. The minimum Gasteiger partial charge on any atom is -0.324 e. The van der Waals surface area contributed by atoms with Crippen molar-refractivity contribution < 1.29 is 0 Å². The summed E-state index contributed by atoms with van der Waals surface area (Å²) >= 11 is 0. The molecule has 90 valence electrons. The largest absolute Gasteiger partial charge is 0.324 e. The number of nitrogens with zero attached hydrogens (tertiary/aromatic N) is 2. The molecule has 1 aromatic heterocycles. The Morgan fingerprint density at radius 3 is 2.56 bits per heavy atom. The van der Waals surface area contributed by atoms with Crippen molar-refractivity contribution in [2.24, 2.45) is 0 Å². The van der Waals surface area contributed by atoms with E-state index in [1.807, 2.05) is 6.07 Å². The number of aryl methyl sites for hydroxylation is 2. The molecule has 0 fully saturated rings. The van der Waals surface area contributed by atoms with E-state index in [0.717, 1.165) is 17.9 Å². The molecule has 0 N–H and O–H groups in total. The highest BCUT2D eigenvalue weighted by Crippen LogP contribution is 2.19. The van der Waals surface area contributed by atoms with E-state index in [9.17, 15) is 0 Å². The van der Waals surface area contributed by atoms with Gasteiger partial charge in [0.15, 0.2) is 0 Å². The van der Waals surface area contributed by atoms with Crippen molar-refractivity contribution in [1.29, 1.82) is 0 Å². The molecular weight excluding hydrogens is 220 g/mol. The summed E-state index contributed by atoms with van der Waals surface area (Å²) in [5.41, 5.74) is 4.88. The molecule has 2 heteroatoms. The van der Waals surface area contributed by atoms with Crippen LogP contribution in [0.4, 0.5) is 0 Å². The van der Waals surface area contributed by atoms with Crippen LogP contribution in [-0.2, 0) is 6.54 Å². The Morgan fingerprint density at radius 2 is 1.78 bits per heavy atom. The zero-order chi connectivity index (χ0) is 12.5. The first kappa shape index (κ1) is 11.0. The van der Waals surface area contributed by atoms with Gasteiger partial charge in [-0.3, -0.25) is 0 Å². The summed E-state index contributed by atoms with van der Waals surface area (Å²) < 4.78 is 2.28. The van der Waals surface area contributed by atoms with Gasteiger partial charge in [-0.2, -0.15) is 0 Å². The first-order chi connectivity index (χ1) is 8.74. The van der Waals surface area contributed by atoms with Crippen molar-refractivity contribution in [3.63, 3.8) is 0 Å². The molecule has 3 aromatic rings. The van der Waals surface area contributed by atoms with Crippen LogP contribution in [0.15, 0.2) is 48.5 Å². The number of hydrogen-bond donors (Lipinski definition) is 0. The Morgan fingerprint density at radius 1 is 1.00 bits per heavy atom. The topological polar surface area (TPSA) is 17.8 Å². The van der Waals surface area contributed by atoms with E-state index < -0.39 is 0 Å². The lowest BCUT2D eigenvalue weighted by atomic mass is 10.2. The highest BCUT2D eigenvalue weighted by Gasteiger charge is 2.07. The minimum atomic E-state index is 0.882. The van der Waals surface area contributed by atoms with Crippen LogP contribution >= 0.6 is 0 Å². The molecule has 1 heterocycles. The molecule has 0 spiro atoms. The van der Waals surface area contributed by atoms with Crippen molar-refractivity contribution in [1.82, 2.24) is 9.55 Å². The van der Waals surface area contributed by atoms with Crippen molar-refractivity contribution in [2.45, 2.75) is 20.4 Å². The van der Waals surface area contributed by atoms with E-state index in [0.29, 0.717) is 0 Å². The zero-order valence-corrected chi connectivity index (χ0v) is 10.7. The molecule has 3 rings (SSSR count). The van der Waals surface area contributed by atoms with Gasteiger partial charge < -0.3 is 4.57 Å². The predicted molar refractivity (Wildman–Crippen MR) is 74.8 cm³/mol. The summed E-state index contributed by atoms with van der Waals surface area (Å²) in [5, 5.41) is 0. The van der Waals surface area contributed by atoms with Crippen molar-refractivity contribution >= 4 is 11.0 Å². The van der Waals surface area contributed by atoms with Crippen LogP contribution < -0.4 is 0 Å². The van der Waals surface area contributed by atoms with E-state index in [-0.39, 0.29) is 0 Å². The normalized spacial score (nSPS) is 11.0. The highest BCUT2D eigenvalue weighted by molar-refractivity contribution is 5.77. The van der Waals surface area contributed by atoms with E-state index in [2.05, 4.69) is 65.9 Å². The molecule has 0 aliphatic carbocycles. The maximum absolute atomic E-state index is 4.61. The van der Waals surface area contributed by atoms with Crippen LogP contribution in [0.1, 0.15) is 17.0 Å². The third kappa shape index (κ3) is 1.90. The molecule has 0 unspecified atom stereocenters. The number of rotatable bonds is 2. The molecule has 0 aliphatic rings. The number of benzene rings is 2. The summed E-state index contributed by atoms with van der Waals surface area (Å²) in [4.78, 5) is 4.61. The Hall–Kier alpha value is -2.09. The number of aromatic nitrogens is 2. The fourth-order valence-electron chi connectivity index (χ4n) is 2.32. The van der Waals surface area contributed by atoms with Crippen molar-refractivity contribution in [2.75, 3.05) is 0 Å². The molecule has 0 atom stereocenters. The lowest BCUT2D eigenvalue weighted by Gasteiger charge is -2.07. The van der Waals surface area contributed by atoms with E-state index in [1.165, 1.54) is 16.6 Å². The van der Waals surface area contributed by atoms with Gasteiger partial charge in [-0.1, -0.05) is 36.4 Å². The van der Waals surface area contributed by atoms with Crippen LogP contribution in [0, 0.1) is 13.8 Å². The van der Waals surface area contributed by atoms with Crippen LogP contribution in [0.2, 0.25) is 0 Å². The molecule has 0 aliphatic heterocycles. The van der Waals surface area contributed by atoms with E-state index in [1.54, 1.807) is 0 Å². The first-order valence-electron chi connectivity index (χ1n) is 6.21. The van der Waals surface area contributed by atoms with Crippen LogP contribution in [0.25, 0.3) is 11.0 Å². The third-order valence-corrected chi connectivity index (χ3v) is 3.28. The Bertz CT molecular complexity index is 681. The fraction of sp³-hybridized carbons (Fsp3) is 0.188. The smallest absolute Gasteiger partial charge is 0.107 e. The summed E-state index contributed by atoms with van der Waals surface area (Å²) in [6, 6.07) is 16.9. The maximum Gasteiger partial charge on any atom is 0.107 e. The summed E-state index contributed by atoms with van der Waals surface area (Å²) in [6.45, 7) is 5.07.